The van der Waals surface area contributed by atoms with E-state index in [1.54, 1.807) is 4.90 Å². The molecule has 27 heavy (non-hydrogen) atoms. The van der Waals surface area contributed by atoms with Gasteiger partial charge in [0.1, 0.15) is 0 Å². The first-order valence-electron chi connectivity index (χ1n) is 10.2. The van der Waals surface area contributed by atoms with Crippen molar-refractivity contribution in [1.82, 2.24) is 20.0 Å². The van der Waals surface area contributed by atoms with Gasteiger partial charge in [-0.05, 0) is 49.9 Å². The number of benzene rings is 1. The van der Waals surface area contributed by atoms with Crippen LogP contribution in [-0.2, 0) is 17.9 Å². The fraction of sp³-hybridized carbons (Fsp3) is 0.619. The summed E-state index contributed by atoms with van der Waals surface area (Å²) in [5.41, 5.74) is 2.51. The summed E-state index contributed by atoms with van der Waals surface area (Å²) in [6.45, 7) is 5.81. The molecule has 0 atom stereocenters. The largest absolute Gasteiger partial charge is 0.341 e. The van der Waals surface area contributed by atoms with Gasteiger partial charge in [0, 0.05) is 46.2 Å². The summed E-state index contributed by atoms with van der Waals surface area (Å²) in [5, 5.41) is 2.95. The zero-order chi connectivity index (χ0) is 19.1. The third-order valence-corrected chi connectivity index (χ3v) is 5.54. The second-order valence-electron chi connectivity index (χ2n) is 7.68. The van der Waals surface area contributed by atoms with E-state index >= 15 is 0 Å². The summed E-state index contributed by atoms with van der Waals surface area (Å²) >= 11 is 0. The molecule has 3 amide bonds. The van der Waals surface area contributed by atoms with Gasteiger partial charge in [-0.2, -0.15) is 0 Å². The number of carbonyl (C=O) groups is 2. The Morgan fingerprint density at radius 3 is 2.52 bits per heavy atom. The average molecular weight is 373 g/mol. The molecule has 2 aliphatic heterocycles. The van der Waals surface area contributed by atoms with Gasteiger partial charge in [0.15, 0.2) is 0 Å². The van der Waals surface area contributed by atoms with Crippen LogP contribution in [0.5, 0.6) is 0 Å². The van der Waals surface area contributed by atoms with Crippen LogP contribution < -0.4 is 5.32 Å². The van der Waals surface area contributed by atoms with Gasteiger partial charge in [-0.3, -0.25) is 9.69 Å². The molecule has 0 bridgehead atoms. The number of hydrogen-bond acceptors (Lipinski definition) is 3. The fourth-order valence-electron chi connectivity index (χ4n) is 3.91. The van der Waals surface area contributed by atoms with Gasteiger partial charge in [-0.1, -0.05) is 24.3 Å². The Balaban J connectivity index is 1.47. The lowest BCUT2D eigenvalue weighted by Gasteiger charge is -2.27. The van der Waals surface area contributed by atoms with Crippen molar-refractivity contribution in [3.8, 4) is 0 Å². The molecule has 0 radical (unpaired) electrons. The first kappa shape index (κ1) is 19.7. The Labute approximate surface area is 162 Å². The fourth-order valence-corrected chi connectivity index (χ4v) is 3.91. The maximum absolute atomic E-state index is 12.4. The summed E-state index contributed by atoms with van der Waals surface area (Å²) in [5.74, 6) is 0.208. The van der Waals surface area contributed by atoms with Crippen molar-refractivity contribution in [2.24, 2.45) is 0 Å². The molecule has 2 saturated heterocycles. The monoisotopic (exact) mass is 372 g/mol. The van der Waals surface area contributed by atoms with Crippen molar-refractivity contribution >= 4 is 11.9 Å². The van der Waals surface area contributed by atoms with Crippen molar-refractivity contribution in [2.45, 2.75) is 45.2 Å². The van der Waals surface area contributed by atoms with Gasteiger partial charge in [0.25, 0.3) is 0 Å². The zero-order valence-corrected chi connectivity index (χ0v) is 16.5. The van der Waals surface area contributed by atoms with Crippen LogP contribution in [0.2, 0.25) is 0 Å². The standard InChI is InChI=1S/C21H32N4O2/c1-23(21(27)22-11-15-25-14-5-4-10-20(25)26)16-18-8-2-3-9-19(18)17-24-12-6-7-13-24/h2-3,8-9H,4-7,10-17H2,1H3,(H,22,27). The Bertz CT molecular complexity index is 643. The molecule has 0 aromatic heterocycles. The van der Waals surface area contributed by atoms with Crippen LogP contribution in [0, 0.1) is 0 Å². The minimum atomic E-state index is -0.0876. The van der Waals surface area contributed by atoms with E-state index in [2.05, 4.69) is 28.4 Å². The van der Waals surface area contributed by atoms with Crippen molar-refractivity contribution in [2.75, 3.05) is 39.8 Å². The summed E-state index contributed by atoms with van der Waals surface area (Å²) in [6, 6.07) is 8.31. The van der Waals surface area contributed by atoms with Crippen LogP contribution in [0.4, 0.5) is 4.79 Å². The predicted molar refractivity (Wildman–Crippen MR) is 106 cm³/mol. The van der Waals surface area contributed by atoms with E-state index in [1.165, 1.54) is 37.1 Å². The smallest absolute Gasteiger partial charge is 0.317 e. The number of likely N-dealkylation sites (tertiary alicyclic amines) is 2. The molecule has 1 aromatic rings. The molecule has 1 N–H and O–H groups in total. The Morgan fingerprint density at radius 2 is 1.78 bits per heavy atom. The molecule has 2 heterocycles. The maximum Gasteiger partial charge on any atom is 0.317 e. The van der Waals surface area contributed by atoms with Crippen LogP contribution in [0.15, 0.2) is 24.3 Å². The van der Waals surface area contributed by atoms with Crippen LogP contribution in [0.25, 0.3) is 0 Å². The molecule has 0 unspecified atom stereocenters. The molecule has 0 spiro atoms. The maximum atomic E-state index is 12.4. The summed E-state index contributed by atoms with van der Waals surface area (Å²) in [7, 11) is 1.83. The third kappa shape index (κ3) is 5.70. The molecule has 148 valence electrons. The molecule has 0 saturated carbocycles. The van der Waals surface area contributed by atoms with Crippen LogP contribution in [-0.4, -0.2) is 66.4 Å². The van der Waals surface area contributed by atoms with Crippen LogP contribution >= 0.6 is 0 Å². The number of carbonyl (C=O) groups excluding carboxylic acids is 2. The molecule has 3 rings (SSSR count). The first-order valence-corrected chi connectivity index (χ1v) is 10.2. The predicted octanol–water partition coefficient (Wildman–Crippen LogP) is 2.44. The van der Waals surface area contributed by atoms with E-state index in [0.717, 1.165) is 25.9 Å². The zero-order valence-electron chi connectivity index (χ0n) is 16.5. The minimum absolute atomic E-state index is 0.0876. The summed E-state index contributed by atoms with van der Waals surface area (Å²) < 4.78 is 0. The first-order chi connectivity index (χ1) is 13.1. The summed E-state index contributed by atoms with van der Waals surface area (Å²) in [4.78, 5) is 30.3. The third-order valence-electron chi connectivity index (χ3n) is 5.54. The summed E-state index contributed by atoms with van der Waals surface area (Å²) in [6.07, 6.45) is 5.25. The lowest BCUT2D eigenvalue weighted by Crippen LogP contribution is -2.44. The van der Waals surface area contributed by atoms with E-state index in [9.17, 15) is 9.59 Å². The van der Waals surface area contributed by atoms with Gasteiger partial charge in [0.2, 0.25) is 5.91 Å². The Morgan fingerprint density at radius 1 is 1.07 bits per heavy atom. The number of rotatable bonds is 7. The van der Waals surface area contributed by atoms with Gasteiger partial charge in [-0.15, -0.1) is 0 Å². The topological polar surface area (TPSA) is 55.9 Å². The number of nitrogens with one attached hydrogen (secondary N) is 1. The highest BCUT2D eigenvalue weighted by molar-refractivity contribution is 5.77. The number of hydrogen-bond donors (Lipinski definition) is 1. The lowest BCUT2D eigenvalue weighted by molar-refractivity contribution is -0.133. The van der Waals surface area contributed by atoms with Gasteiger partial charge < -0.3 is 15.1 Å². The second kappa shape index (κ2) is 9.74. The number of piperidine rings is 1. The van der Waals surface area contributed by atoms with E-state index in [1.807, 2.05) is 18.0 Å². The van der Waals surface area contributed by atoms with Crippen molar-refractivity contribution in [3.63, 3.8) is 0 Å². The number of amides is 3. The minimum Gasteiger partial charge on any atom is -0.341 e. The quantitative estimate of drug-likeness (QED) is 0.800. The van der Waals surface area contributed by atoms with Crippen molar-refractivity contribution in [1.29, 1.82) is 0 Å². The van der Waals surface area contributed by atoms with Crippen LogP contribution in [0.3, 0.4) is 0 Å². The Kier molecular flexibility index (Phi) is 7.10. The molecule has 6 nitrogen and oxygen atoms in total. The average Bonchev–Trinajstić information content (AvgIpc) is 3.18. The lowest BCUT2D eigenvalue weighted by atomic mass is 10.1. The Hall–Kier alpha value is -2.08. The van der Waals surface area contributed by atoms with E-state index in [4.69, 9.17) is 0 Å². The second-order valence-corrected chi connectivity index (χ2v) is 7.68. The highest BCUT2D eigenvalue weighted by Gasteiger charge is 2.18. The highest BCUT2D eigenvalue weighted by Crippen LogP contribution is 2.17. The molecule has 2 aliphatic rings. The normalized spacial score (nSPS) is 18.0. The molecule has 2 fully saturated rings. The van der Waals surface area contributed by atoms with Crippen molar-refractivity contribution in [3.05, 3.63) is 35.4 Å². The molecular formula is C21H32N4O2. The highest BCUT2D eigenvalue weighted by atomic mass is 16.2. The molecule has 1 aromatic carbocycles. The molecule has 0 aliphatic carbocycles. The number of nitrogens with zero attached hydrogens (tertiary/aromatic N) is 3. The molecular weight excluding hydrogens is 340 g/mol. The van der Waals surface area contributed by atoms with E-state index in [0.29, 0.717) is 26.1 Å². The van der Waals surface area contributed by atoms with Gasteiger partial charge >= 0.3 is 6.03 Å². The SMILES string of the molecule is CN(Cc1ccccc1CN1CCCC1)C(=O)NCCN1CCCCC1=O. The van der Waals surface area contributed by atoms with E-state index < -0.39 is 0 Å². The van der Waals surface area contributed by atoms with Crippen molar-refractivity contribution < 1.29 is 9.59 Å². The van der Waals surface area contributed by atoms with Gasteiger partial charge in [0.05, 0.1) is 0 Å². The molecule has 6 heteroatoms. The van der Waals surface area contributed by atoms with Crippen LogP contribution in [0.1, 0.15) is 43.2 Å². The number of urea groups is 1. The van der Waals surface area contributed by atoms with Gasteiger partial charge in [-0.25, -0.2) is 4.79 Å². The van der Waals surface area contributed by atoms with E-state index in [-0.39, 0.29) is 11.9 Å².